The quantitative estimate of drug-likeness (QED) is 0.337. The van der Waals surface area contributed by atoms with Crippen molar-refractivity contribution >= 4 is 27.9 Å². The van der Waals surface area contributed by atoms with Crippen molar-refractivity contribution in [2.24, 2.45) is 0 Å². The number of hydrogen-bond donors (Lipinski definition) is 1. The van der Waals surface area contributed by atoms with Crippen LogP contribution in [-0.4, -0.2) is 48.6 Å². The Morgan fingerprint density at radius 3 is 2.70 bits per heavy atom. The van der Waals surface area contributed by atoms with E-state index < -0.39 is 5.97 Å². The average molecular weight is 494 g/mol. The Kier molecular flexibility index (Phi) is 6.24. The van der Waals surface area contributed by atoms with E-state index in [1.165, 1.54) is 0 Å². The molecule has 0 bridgehead atoms. The van der Waals surface area contributed by atoms with Crippen LogP contribution in [0.15, 0.2) is 79.3 Å². The van der Waals surface area contributed by atoms with Gasteiger partial charge in [-0.15, -0.1) is 0 Å². The summed E-state index contributed by atoms with van der Waals surface area (Å²) in [6, 6.07) is 21.2. The number of nitrogens with zero attached hydrogens (tertiary/aromatic N) is 5. The summed E-state index contributed by atoms with van der Waals surface area (Å²) >= 11 is 0. The highest BCUT2D eigenvalue weighted by Gasteiger charge is 2.22. The maximum absolute atomic E-state index is 11.4. The number of ether oxygens (including phenoxy) is 1. The smallest absolute Gasteiger partial charge is 0.335 e. The zero-order chi connectivity index (χ0) is 25.2. The predicted molar refractivity (Wildman–Crippen MR) is 141 cm³/mol. The average Bonchev–Trinajstić information content (AvgIpc) is 3.34. The number of likely N-dealkylation sites (tertiary alicyclic amines) is 1. The van der Waals surface area contributed by atoms with Gasteiger partial charge in [0, 0.05) is 47.9 Å². The lowest BCUT2D eigenvalue weighted by Gasteiger charge is -2.32. The van der Waals surface area contributed by atoms with Crippen LogP contribution in [0.25, 0.3) is 21.9 Å². The Morgan fingerprint density at radius 1 is 0.973 bits per heavy atom. The van der Waals surface area contributed by atoms with Gasteiger partial charge >= 0.3 is 5.97 Å². The normalized spacial score (nSPS) is 14.8. The summed E-state index contributed by atoms with van der Waals surface area (Å²) in [5.74, 6) is 0.0793. The number of aromatic carboxylic acids is 1. The highest BCUT2D eigenvalue weighted by atomic mass is 16.5. The largest absolute Gasteiger partial charge is 0.478 e. The van der Waals surface area contributed by atoms with E-state index in [-0.39, 0.29) is 5.56 Å². The lowest BCUT2D eigenvalue weighted by molar-refractivity contribution is 0.0697. The number of hydrogen-bond acceptors (Lipinski definition) is 6. The predicted octanol–water partition coefficient (Wildman–Crippen LogP) is 5.09. The van der Waals surface area contributed by atoms with Crippen LogP contribution in [0.5, 0.6) is 5.88 Å². The summed E-state index contributed by atoms with van der Waals surface area (Å²) in [6.07, 6.45) is 5.64. The van der Waals surface area contributed by atoms with Crippen LogP contribution in [0.2, 0.25) is 0 Å². The summed E-state index contributed by atoms with van der Waals surface area (Å²) < 4.78 is 8.04. The molecule has 186 valence electrons. The van der Waals surface area contributed by atoms with Gasteiger partial charge in [0.1, 0.15) is 6.61 Å². The molecule has 8 nitrogen and oxygen atoms in total. The first kappa shape index (κ1) is 23.1. The number of pyridine rings is 2. The maximum Gasteiger partial charge on any atom is 0.335 e. The molecule has 6 rings (SSSR count). The Hall–Kier alpha value is -4.30. The highest BCUT2D eigenvalue weighted by molar-refractivity contribution is 5.92. The lowest BCUT2D eigenvalue weighted by Crippen LogP contribution is -2.34. The van der Waals surface area contributed by atoms with Crippen molar-refractivity contribution in [2.45, 2.75) is 32.0 Å². The molecule has 1 saturated heterocycles. The molecule has 1 fully saturated rings. The number of aromatic nitrogens is 4. The molecule has 0 spiro atoms. The topological polar surface area (TPSA) is 93.4 Å². The van der Waals surface area contributed by atoms with Gasteiger partial charge in [-0.2, -0.15) is 0 Å². The number of carboxylic acids is 1. The van der Waals surface area contributed by atoms with Gasteiger partial charge in [0.25, 0.3) is 0 Å². The van der Waals surface area contributed by atoms with Gasteiger partial charge in [0.05, 0.1) is 35.1 Å². The van der Waals surface area contributed by atoms with Crippen molar-refractivity contribution in [3.05, 3.63) is 96.1 Å². The van der Waals surface area contributed by atoms with Crippen molar-refractivity contribution < 1.29 is 14.6 Å². The number of carbonyl (C=O) groups is 1. The molecular weight excluding hydrogens is 466 g/mol. The molecule has 0 saturated carbocycles. The van der Waals surface area contributed by atoms with Gasteiger partial charge in [0.15, 0.2) is 0 Å². The second-order valence-corrected chi connectivity index (χ2v) is 9.48. The molecule has 0 unspecified atom stereocenters. The molecule has 4 heterocycles. The number of carboxylic acid groups (broad SMARTS) is 1. The Morgan fingerprint density at radius 2 is 1.84 bits per heavy atom. The van der Waals surface area contributed by atoms with Crippen LogP contribution in [0.1, 0.15) is 40.4 Å². The number of para-hydroxylation sites is 1. The summed E-state index contributed by atoms with van der Waals surface area (Å²) in [6.45, 7) is 2.97. The van der Waals surface area contributed by atoms with Crippen LogP contribution >= 0.6 is 0 Å². The summed E-state index contributed by atoms with van der Waals surface area (Å²) in [4.78, 5) is 27.5. The number of fused-ring (bicyclic) bond motifs is 2. The molecule has 0 aliphatic carbocycles. The van der Waals surface area contributed by atoms with E-state index in [0.29, 0.717) is 25.1 Å². The molecule has 0 atom stereocenters. The fourth-order valence-electron chi connectivity index (χ4n) is 4.98. The van der Waals surface area contributed by atoms with E-state index in [2.05, 4.69) is 33.1 Å². The minimum Gasteiger partial charge on any atom is -0.478 e. The van der Waals surface area contributed by atoms with Gasteiger partial charge in [0.2, 0.25) is 5.88 Å². The van der Waals surface area contributed by atoms with E-state index in [1.807, 2.05) is 41.1 Å². The van der Waals surface area contributed by atoms with Gasteiger partial charge < -0.3 is 14.4 Å². The molecule has 37 heavy (non-hydrogen) atoms. The monoisotopic (exact) mass is 493 g/mol. The molecule has 1 N–H and O–H groups in total. The molecule has 1 aliphatic rings. The van der Waals surface area contributed by atoms with E-state index >= 15 is 0 Å². The minimum absolute atomic E-state index is 0.276. The number of rotatable bonds is 7. The first-order valence-electron chi connectivity index (χ1n) is 12.5. The van der Waals surface area contributed by atoms with Gasteiger partial charge in [-0.05, 0) is 49.2 Å². The van der Waals surface area contributed by atoms with E-state index in [4.69, 9.17) is 9.72 Å². The summed E-state index contributed by atoms with van der Waals surface area (Å²) in [5, 5.41) is 10.4. The molecular formula is C29H27N5O3. The molecule has 0 amide bonds. The highest BCUT2D eigenvalue weighted by Crippen LogP contribution is 2.29. The number of imidazole rings is 1. The van der Waals surface area contributed by atoms with Crippen molar-refractivity contribution in [3.8, 4) is 5.88 Å². The van der Waals surface area contributed by atoms with Crippen molar-refractivity contribution in [3.63, 3.8) is 0 Å². The Balaban J connectivity index is 1.07. The molecule has 3 aromatic heterocycles. The fraction of sp³-hybridized carbons (Fsp3) is 0.241. The second-order valence-electron chi connectivity index (χ2n) is 9.48. The van der Waals surface area contributed by atoms with Crippen LogP contribution in [-0.2, 0) is 13.3 Å². The third kappa shape index (κ3) is 5.01. The minimum atomic E-state index is -0.928. The van der Waals surface area contributed by atoms with E-state index in [9.17, 15) is 9.90 Å². The van der Waals surface area contributed by atoms with Crippen molar-refractivity contribution in [2.75, 3.05) is 13.1 Å². The Labute approximate surface area is 214 Å². The summed E-state index contributed by atoms with van der Waals surface area (Å²) in [5.41, 5.74) is 4.98. The molecule has 0 radical (unpaired) electrons. The SMILES string of the molecule is O=C(O)c1ccc2ncn(CN3CCC(c4cccc(OCc5cnc6ccccc6c5)n4)CC3)c2c1. The van der Waals surface area contributed by atoms with Gasteiger partial charge in [-0.1, -0.05) is 24.3 Å². The van der Waals surface area contributed by atoms with Crippen LogP contribution in [0.3, 0.4) is 0 Å². The molecule has 5 aromatic rings. The number of benzene rings is 2. The summed E-state index contributed by atoms with van der Waals surface area (Å²) in [7, 11) is 0. The molecule has 1 aliphatic heterocycles. The molecule has 8 heteroatoms. The van der Waals surface area contributed by atoms with Crippen LogP contribution < -0.4 is 4.74 Å². The van der Waals surface area contributed by atoms with E-state index in [0.717, 1.165) is 59.1 Å². The lowest BCUT2D eigenvalue weighted by atomic mass is 9.93. The van der Waals surface area contributed by atoms with Crippen LogP contribution in [0, 0.1) is 0 Å². The van der Waals surface area contributed by atoms with Crippen molar-refractivity contribution in [1.82, 2.24) is 24.4 Å². The van der Waals surface area contributed by atoms with E-state index in [1.54, 1.807) is 24.5 Å². The standard InChI is InChI=1S/C29H27N5O3/c35-29(36)23-8-9-26-27(15-23)34(18-31-26)19-33-12-10-21(11-13-33)25-6-3-7-28(32-25)37-17-20-14-22-4-1-2-5-24(22)30-16-20/h1-9,14-16,18,21H,10-13,17,19H2,(H,35,36). The number of piperidine rings is 1. The maximum atomic E-state index is 11.4. The van der Waals surface area contributed by atoms with Crippen molar-refractivity contribution in [1.29, 1.82) is 0 Å². The van der Waals surface area contributed by atoms with Gasteiger partial charge in [-0.25, -0.2) is 14.8 Å². The zero-order valence-corrected chi connectivity index (χ0v) is 20.3. The first-order valence-corrected chi connectivity index (χ1v) is 12.5. The fourth-order valence-corrected chi connectivity index (χ4v) is 4.98. The van der Waals surface area contributed by atoms with Crippen LogP contribution in [0.4, 0.5) is 0 Å². The third-order valence-electron chi connectivity index (χ3n) is 7.01. The third-order valence-corrected chi connectivity index (χ3v) is 7.01. The second kappa shape index (κ2) is 9.99. The molecule has 2 aromatic carbocycles. The first-order chi connectivity index (χ1) is 18.1. The Bertz CT molecular complexity index is 1570. The van der Waals surface area contributed by atoms with Gasteiger partial charge in [-0.3, -0.25) is 9.88 Å². The zero-order valence-electron chi connectivity index (χ0n) is 20.3.